The molecule has 0 aromatic heterocycles. The summed E-state index contributed by atoms with van der Waals surface area (Å²) in [6.45, 7) is 6.57. The van der Waals surface area contributed by atoms with E-state index in [9.17, 15) is 4.39 Å². The molecule has 0 aliphatic carbocycles. The molecule has 0 bridgehead atoms. The lowest BCUT2D eigenvalue weighted by atomic mass is 10.1. The minimum Gasteiger partial charge on any atom is -0.379 e. The first-order chi connectivity index (χ1) is 13.7. The Balaban J connectivity index is 1.42. The Morgan fingerprint density at radius 2 is 2.14 bits per heavy atom. The quantitative estimate of drug-likeness (QED) is 0.439. The lowest BCUT2D eigenvalue weighted by Crippen LogP contribution is -2.50. The Bertz CT molecular complexity index is 620. The van der Waals surface area contributed by atoms with Crippen LogP contribution in [0.5, 0.6) is 0 Å². The predicted octanol–water partition coefficient (Wildman–Crippen LogP) is 2.75. The fourth-order valence-electron chi connectivity index (χ4n) is 3.68. The highest BCUT2D eigenvalue weighted by atomic mass is 19.1. The third-order valence-electron chi connectivity index (χ3n) is 5.09. The summed E-state index contributed by atoms with van der Waals surface area (Å²) in [5.41, 5.74) is 0.982. The maximum atomic E-state index is 13.2. The van der Waals surface area contributed by atoms with Gasteiger partial charge in [0.1, 0.15) is 11.9 Å². The van der Waals surface area contributed by atoms with Crippen molar-refractivity contribution >= 4 is 5.96 Å². The number of nitrogens with zero attached hydrogens (tertiary/aromatic N) is 2. The zero-order valence-electron chi connectivity index (χ0n) is 16.9. The van der Waals surface area contributed by atoms with Crippen LogP contribution >= 0.6 is 0 Å². The first kappa shape index (κ1) is 21.0. The molecule has 0 amide bonds. The fraction of sp³-hybridized carbons (Fsp3) is 0.667. The second kappa shape index (κ2) is 10.7. The highest BCUT2D eigenvalue weighted by Crippen LogP contribution is 2.25. The maximum absolute atomic E-state index is 13.2. The van der Waals surface area contributed by atoms with Gasteiger partial charge in [-0.05, 0) is 43.9 Å². The lowest BCUT2D eigenvalue weighted by molar-refractivity contribution is -0.0605. The maximum Gasteiger partial charge on any atom is 0.193 e. The number of nitrogens with one attached hydrogen (secondary N) is 1. The van der Waals surface area contributed by atoms with E-state index in [0.717, 1.165) is 50.5 Å². The van der Waals surface area contributed by atoms with E-state index in [0.29, 0.717) is 19.8 Å². The molecule has 0 saturated carbocycles. The lowest BCUT2D eigenvalue weighted by Gasteiger charge is -2.38. The summed E-state index contributed by atoms with van der Waals surface area (Å²) in [5, 5.41) is 3.42. The van der Waals surface area contributed by atoms with E-state index in [1.807, 2.05) is 0 Å². The molecule has 3 rings (SSSR count). The van der Waals surface area contributed by atoms with Gasteiger partial charge in [-0.3, -0.25) is 4.99 Å². The van der Waals surface area contributed by atoms with Crippen molar-refractivity contribution in [1.82, 2.24) is 10.2 Å². The van der Waals surface area contributed by atoms with Gasteiger partial charge in [0.25, 0.3) is 0 Å². The average Bonchev–Trinajstić information content (AvgIpc) is 3.21. The van der Waals surface area contributed by atoms with E-state index in [1.165, 1.54) is 12.1 Å². The third kappa shape index (κ3) is 6.15. The van der Waals surface area contributed by atoms with Crippen LogP contribution in [-0.2, 0) is 14.2 Å². The standard InChI is InChI=1S/C21H32FN3O3/c1-16-13-25(14-20(28-16)17-6-8-18(22)9-7-17)21(23-2)24-10-4-11-26-15-19-5-3-12-27-19/h6-9,16,19-20H,3-5,10-15H2,1-2H3,(H,23,24). The normalized spacial score (nSPS) is 25.9. The van der Waals surface area contributed by atoms with Crippen LogP contribution in [0.1, 0.15) is 37.9 Å². The number of hydrogen-bond donors (Lipinski definition) is 1. The average molecular weight is 394 g/mol. The van der Waals surface area contributed by atoms with Crippen molar-refractivity contribution < 1.29 is 18.6 Å². The number of guanidine groups is 1. The molecule has 2 heterocycles. The topological polar surface area (TPSA) is 55.3 Å². The molecule has 1 aromatic carbocycles. The summed E-state index contributed by atoms with van der Waals surface area (Å²) in [6, 6.07) is 6.54. The third-order valence-corrected chi connectivity index (χ3v) is 5.09. The number of halogens is 1. The van der Waals surface area contributed by atoms with Gasteiger partial charge in [-0.1, -0.05) is 12.1 Å². The summed E-state index contributed by atoms with van der Waals surface area (Å²) in [5.74, 6) is 0.630. The summed E-state index contributed by atoms with van der Waals surface area (Å²) < 4.78 is 30.5. The molecule has 156 valence electrons. The largest absolute Gasteiger partial charge is 0.379 e. The molecular weight excluding hydrogens is 361 g/mol. The first-order valence-electron chi connectivity index (χ1n) is 10.2. The van der Waals surface area contributed by atoms with Gasteiger partial charge in [-0.15, -0.1) is 0 Å². The van der Waals surface area contributed by atoms with Gasteiger partial charge in [0.2, 0.25) is 0 Å². The molecule has 6 nitrogen and oxygen atoms in total. The Kier molecular flexibility index (Phi) is 8.06. The summed E-state index contributed by atoms with van der Waals surface area (Å²) in [6.07, 6.45) is 3.40. The molecule has 2 fully saturated rings. The van der Waals surface area contributed by atoms with E-state index in [2.05, 4.69) is 22.1 Å². The number of ether oxygens (including phenoxy) is 3. The van der Waals surface area contributed by atoms with Crippen molar-refractivity contribution in [2.75, 3.05) is 46.5 Å². The van der Waals surface area contributed by atoms with Crippen LogP contribution in [0.3, 0.4) is 0 Å². The molecular formula is C21H32FN3O3. The van der Waals surface area contributed by atoms with Crippen molar-refractivity contribution in [3.05, 3.63) is 35.6 Å². The van der Waals surface area contributed by atoms with Gasteiger partial charge < -0.3 is 24.4 Å². The Morgan fingerprint density at radius 1 is 1.32 bits per heavy atom. The van der Waals surface area contributed by atoms with Crippen molar-refractivity contribution in [2.24, 2.45) is 4.99 Å². The Labute approximate surface area is 167 Å². The smallest absolute Gasteiger partial charge is 0.193 e. The molecule has 2 aliphatic heterocycles. The second-order valence-electron chi connectivity index (χ2n) is 7.43. The molecule has 0 radical (unpaired) electrons. The van der Waals surface area contributed by atoms with Gasteiger partial charge in [-0.2, -0.15) is 0 Å². The Morgan fingerprint density at radius 3 is 2.86 bits per heavy atom. The van der Waals surface area contributed by atoms with Crippen molar-refractivity contribution in [2.45, 2.75) is 44.5 Å². The molecule has 3 atom stereocenters. The van der Waals surface area contributed by atoms with Gasteiger partial charge in [-0.25, -0.2) is 4.39 Å². The number of benzene rings is 1. The van der Waals surface area contributed by atoms with Crippen molar-refractivity contribution in [3.8, 4) is 0 Å². The number of hydrogen-bond acceptors (Lipinski definition) is 4. The molecule has 28 heavy (non-hydrogen) atoms. The predicted molar refractivity (Wildman–Crippen MR) is 107 cm³/mol. The van der Waals surface area contributed by atoms with E-state index >= 15 is 0 Å². The van der Waals surface area contributed by atoms with Crippen molar-refractivity contribution in [1.29, 1.82) is 0 Å². The zero-order valence-corrected chi connectivity index (χ0v) is 16.9. The molecule has 3 unspecified atom stereocenters. The van der Waals surface area contributed by atoms with Crippen LogP contribution in [0.2, 0.25) is 0 Å². The first-order valence-corrected chi connectivity index (χ1v) is 10.2. The Hall–Kier alpha value is -1.70. The number of rotatable bonds is 7. The van der Waals surface area contributed by atoms with Crippen LogP contribution in [0, 0.1) is 5.82 Å². The van der Waals surface area contributed by atoms with Crippen molar-refractivity contribution in [3.63, 3.8) is 0 Å². The van der Waals surface area contributed by atoms with E-state index in [1.54, 1.807) is 19.2 Å². The monoisotopic (exact) mass is 393 g/mol. The zero-order chi connectivity index (χ0) is 19.8. The molecule has 1 aromatic rings. The minimum absolute atomic E-state index is 0.0668. The van der Waals surface area contributed by atoms with Crippen LogP contribution < -0.4 is 5.32 Å². The molecule has 2 aliphatic rings. The van der Waals surface area contributed by atoms with Crippen LogP contribution in [-0.4, -0.2) is 69.6 Å². The summed E-state index contributed by atoms with van der Waals surface area (Å²) in [7, 11) is 1.79. The number of aliphatic imine (C=N–C) groups is 1. The molecule has 1 N–H and O–H groups in total. The van der Waals surface area contributed by atoms with Crippen LogP contribution in [0.4, 0.5) is 4.39 Å². The minimum atomic E-state index is -0.233. The van der Waals surface area contributed by atoms with Crippen LogP contribution in [0.15, 0.2) is 29.3 Å². The van der Waals surface area contributed by atoms with E-state index < -0.39 is 0 Å². The number of morpholine rings is 1. The molecule has 2 saturated heterocycles. The fourth-order valence-corrected chi connectivity index (χ4v) is 3.68. The SMILES string of the molecule is CN=C(NCCCOCC1CCCO1)N1CC(C)OC(c2ccc(F)cc2)C1. The van der Waals surface area contributed by atoms with Gasteiger partial charge in [0.05, 0.1) is 25.4 Å². The van der Waals surface area contributed by atoms with Gasteiger partial charge in [0.15, 0.2) is 5.96 Å². The van der Waals surface area contributed by atoms with Gasteiger partial charge >= 0.3 is 0 Å². The highest BCUT2D eigenvalue weighted by molar-refractivity contribution is 5.80. The van der Waals surface area contributed by atoms with Gasteiger partial charge in [0, 0.05) is 33.4 Å². The van der Waals surface area contributed by atoms with E-state index in [-0.39, 0.29) is 24.1 Å². The van der Waals surface area contributed by atoms with Crippen LogP contribution in [0.25, 0.3) is 0 Å². The van der Waals surface area contributed by atoms with E-state index in [4.69, 9.17) is 14.2 Å². The highest BCUT2D eigenvalue weighted by Gasteiger charge is 2.28. The molecule has 0 spiro atoms. The second-order valence-corrected chi connectivity index (χ2v) is 7.43. The summed E-state index contributed by atoms with van der Waals surface area (Å²) >= 11 is 0. The molecule has 7 heteroatoms. The summed E-state index contributed by atoms with van der Waals surface area (Å²) in [4.78, 5) is 6.63.